The highest BCUT2D eigenvalue weighted by Crippen LogP contribution is 2.20. The van der Waals surface area contributed by atoms with Crippen LogP contribution in [0.1, 0.15) is 27.2 Å². The van der Waals surface area contributed by atoms with Gasteiger partial charge in [0.05, 0.1) is 22.5 Å². The number of sulfonamides is 1. The molecular formula is C18H27N5O4S. The highest BCUT2D eigenvalue weighted by molar-refractivity contribution is 7.89. The molecule has 0 saturated carbocycles. The van der Waals surface area contributed by atoms with Gasteiger partial charge in [0.1, 0.15) is 0 Å². The number of imidazole rings is 1. The molecule has 1 aromatic carbocycles. The lowest BCUT2D eigenvalue weighted by molar-refractivity contribution is -0.123. The molecule has 2 aromatic rings. The second-order valence-electron chi connectivity index (χ2n) is 8.12. The van der Waals surface area contributed by atoms with E-state index in [1.165, 1.54) is 16.4 Å². The monoisotopic (exact) mass is 409 g/mol. The van der Waals surface area contributed by atoms with Crippen LogP contribution in [-0.4, -0.2) is 71.8 Å². The maximum absolute atomic E-state index is 13.0. The molecule has 28 heavy (non-hydrogen) atoms. The van der Waals surface area contributed by atoms with Crippen molar-refractivity contribution >= 4 is 27.0 Å². The average molecular weight is 410 g/mol. The largest absolute Gasteiger partial charge is 0.350 e. The van der Waals surface area contributed by atoms with E-state index in [-0.39, 0.29) is 28.6 Å². The summed E-state index contributed by atoms with van der Waals surface area (Å²) in [6, 6.07) is 4.56. The van der Waals surface area contributed by atoms with E-state index < -0.39 is 10.0 Å². The zero-order valence-corrected chi connectivity index (χ0v) is 17.2. The van der Waals surface area contributed by atoms with Gasteiger partial charge >= 0.3 is 5.69 Å². The highest BCUT2D eigenvalue weighted by atomic mass is 32.2. The van der Waals surface area contributed by atoms with Crippen molar-refractivity contribution in [3.8, 4) is 0 Å². The standard InChI is InChI=1S/C18H27N5O4S/c1-18(2,3)21-16(24)12-22-7-4-8-23(10-9-22)28(26,27)13-5-6-14-15(11-13)20-17(25)19-14/h5-6,11H,4,7-10,12H2,1-3H3,(H,21,24)(H2,19,20,25). The quantitative estimate of drug-likeness (QED) is 0.678. The number of aromatic amines is 2. The molecule has 3 rings (SSSR count). The maximum Gasteiger partial charge on any atom is 0.323 e. The van der Waals surface area contributed by atoms with E-state index in [1.807, 2.05) is 25.7 Å². The summed E-state index contributed by atoms with van der Waals surface area (Å²) >= 11 is 0. The number of benzene rings is 1. The van der Waals surface area contributed by atoms with Crippen molar-refractivity contribution in [2.24, 2.45) is 0 Å². The average Bonchev–Trinajstić information content (AvgIpc) is 2.78. The van der Waals surface area contributed by atoms with Crippen molar-refractivity contribution in [1.29, 1.82) is 0 Å². The van der Waals surface area contributed by atoms with E-state index in [1.54, 1.807) is 6.07 Å². The number of hydrogen-bond acceptors (Lipinski definition) is 5. The van der Waals surface area contributed by atoms with Crippen LogP contribution < -0.4 is 11.0 Å². The topological polar surface area (TPSA) is 118 Å². The van der Waals surface area contributed by atoms with Crippen molar-refractivity contribution < 1.29 is 13.2 Å². The molecule has 0 unspecified atom stereocenters. The summed E-state index contributed by atoms with van der Waals surface area (Å²) in [5.74, 6) is -0.0642. The number of carbonyl (C=O) groups is 1. The maximum atomic E-state index is 13.0. The molecule has 0 spiro atoms. The molecular weight excluding hydrogens is 382 g/mol. The molecule has 1 amide bonds. The summed E-state index contributed by atoms with van der Waals surface area (Å²) in [4.78, 5) is 30.9. The Balaban J connectivity index is 1.69. The van der Waals surface area contributed by atoms with Gasteiger partial charge in [0.25, 0.3) is 0 Å². The van der Waals surface area contributed by atoms with E-state index in [9.17, 15) is 18.0 Å². The van der Waals surface area contributed by atoms with Gasteiger partial charge in [0.2, 0.25) is 15.9 Å². The van der Waals surface area contributed by atoms with Crippen LogP contribution in [-0.2, 0) is 14.8 Å². The molecule has 1 aromatic heterocycles. The summed E-state index contributed by atoms with van der Waals surface area (Å²) in [5.41, 5.74) is 0.358. The molecule has 0 aliphatic carbocycles. The normalized spacial score (nSPS) is 17.5. The Morgan fingerprint density at radius 3 is 2.54 bits per heavy atom. The van der Waals surface area contributed by atoms with Crippen molar-refractivity contribution in [2.75, 3.05) is 32.7 Å². The minimum Gasteiger partial charge on any atom is -0.350 e. The second-order valence-corrected chi connectivity index (χ2v) is 10.1. The van der Waals surface area contributed by atoms with Gasteiger partial charge in [-0.25, -0.2) is 13.2 Å². The third-order valence-corrected chi connectivity index (χ3v) is 6.45. The third-order valence-electron chi connectivity index (χ3n) is 4.55. The Kier molecular flexibility index (Phi) is 5.64. The third kappa shape index (κ3) is 4.81. The fourth-order valence-corrected chi connectivity index (χ4v) is 4.82. The van der Waals surface area contributed by atoms with Crippen LogP contribution in [0.25, 0.3) is 11.0 Å². The molecule has 2 heterocycles. The molecule has 154 valence electrons. The first-order valence-electron chi connectivity index (χ1n) is 9.30. The molecule has 1 fully saturated rings. The summed E-state index contributed by atoms with van der Waals surface area (Å²) in [7, 11) is -3.68. The number of carbonyl (C=O) groups excluding carboxylic acids is 1. The lowest BCUT2D eigenvalue weighted by Gasteiger charge is -2.25. The Morgan fingerprint density at radius 2 is 1.82 bits per heavy atom. The molecule has 1 aliphatic rings. The number of aromatic nitrogens is 2. The Hall–Kier alpha value is -2.17. The van der Waals surface area contributed by atoms with Crippen LogP contribution in [0.4, 0.5) is 0 Å². The first-order chi connectivity index (χ1) is 13.0. The van der Waals surface area contributed by atoms with Crippen LogP contribution in [0, 0.1) is 0 Å². The predicted molar refractivity (Wildman–Crippen MR) is 107 cm³/mol. The SMILES string of the molecule is CC(C)(C)NC(=O)CN1CCCN(S(=O)(=O)c2ccc3[nH]c(=O)[nH]c3c2)CC1. The van der Waals surface area contributed by atoms with Gasteiger partial charge in [-0.2, -0.15) is 4.31 Å². The lowest BCUT2D eigenvalue weighted by atomic mass is 10.1. The molecule has 10 heteroatoms. The van der Waals surface area contributed by atoms with Gasteiger partial charge in [-0.1, -0.05) is 0 Å². The Morgan fingerprint density at radius 1 is 1.11 bits per heavy atom. The van der Waals surface area contributed by atoms with E-state index in [2.05, 4.69) is 15.3 Å². The van der Waals surface area contributed by atoms with Crippen molar-refractivity contribution in [3.05, 3.63) is 28.7 Å². The van der Waals surface area contributed by atoms with Crippen LogP contribution in [0.2, 0.25) is 0 Å². The minimum absolute atomic E-state index is 0.0642. The summed E-state index contributed by atoms with van der Waals surface area (Å²) in [5, 5.41) is 2.93. The fourth-order valence-electron chi connectivity index (χ4n) is 3.33. The van der Waals surface area contributed by atoms with Gasteiger partial charge in [-0.15, -0.1) is 0 Å². The smallest absolute Gasteiger partial charge is 0.323 e. The van der Waals surface area contributed by atoms with E-state index >= 15 is 0 Å². The van der Waals surface area contributed by atoms with Gasteiger partial charge in [0, 0.05) is 25.2 Å². The number of hydrogen-bond donors (Lipinski definition) is 3. The zero-order valence-electron chi connectivity index (χ0n) is 16.4. The van der Waals surface area contributed by atoms with Crippen molar-refractivity contribution in [3.63, 3.8) is 0 Å². The molecule has 1 saturated heterocycles. The minimum atomic E-state index is -3.68. The van der Waals surface area contributed by atoms with Crippen LogP contribution >= 0.6 is 0 Å². The predicted octanol–water partition coefficient (Wildman–Crippen LogP) is 0.467. The molecule has 0 radical (unpaired) electrons. The van der Waals surface area contributed by atoms with Gasteiger partial charge in [-0.3, -0.25) is 9.69 Å². The van der Waals surface area contributed by atoms with Crippen LogP contribution in [0.3, 0.4) is 0 Å². The molecule has 0 atom stereocenters. The zero-order chi connectivity index (χ0) is 20.5. The van der Waals surface area contributed by atoms with E-state index in [0.717, 1.165) is 0 Å². The number of nitrogens with one attached hydrogen (secondary N) is 3. The molecule has 9 nitrogen and oxygen atoms in total. The summed E-state index contributed by atoms with van der Waals surface area (Å²) < 4.78 is 27.5. The number of amides is 1. The van der Waals surface area contributed by atoms with Gasteiger partial charge in [-0.05, 0) is 51.9 Å². The number of H-pyrrole nitrogens is 2. The van der Waals surface area contributed by atoms with E-state index in [4.69, 9.17) is 0 Å². The van der Waals surface area contributed by atoms with Gasteiger partial charge < -0.3 is 15.3 Å². The van der Waals surface area contributed by atoms with Crippen molar-refractivity contribution in [1.82, 2.24) is 24.5 Å². The Bertz CT molecular complexity index is 1020. The number of fused-ring (bicyclic) bond motifs is 1. The number of rotatable bonds is 4. The molecule has 1 aliphatic heterocycles. The first kappa shape index (κ1) is 20.6. The first-order valence-corrected chi connectivity index (χ1v) is 10.7. The van der Waals surface area contributed by atoms with Crippen LogP contribution in [0.15, 0.2) is 27.9 Å². The van der Waals surface area contributed by atoms with E-state index in [0.29, 0.717) is 43.6 Å². The summed E-state index contributed by atoms with van der Waals surface area (Å²) in [6.07, 6.45) is 0.644. The van der Waals surface area contributed by atoms with Gasteiger partial charge in [0.15, 0.2) is 0 Å². The molecule has 3 N–H and O–H groups in total. The van der Waals surface area contributed by atoms with Crippen molar-refractivity contribution in [2.45, 2.75) is 37.6 Å². The molecule has 0 bridgehead atoms. The highest BCUT2D eigenvalue weighted by Gasteiger charge is 2.28. The summed E-state index contributed by atoms with van der Waals surface area (Å²) in [6.45, 7) is 7.88. The second kappa shape index (κ2) is 7.69. The Labute approximate surface area is 164 Å². The lowest BCUT2D eigenvalue weighted by Crippen LogP contribution is -2.46. The van der Waals surface area contributed by atoms with Crippen LogP contribution in [0.5, 0.6) is 0 Å². The fraction of sp³-hybridized carbons (Fsp3) is 0.556. The number of nitrogens with zero attached hydrogens (tertiary/aromatic N) is 2.